The van der Waals surface area contributed by atoms with Crippen molar-refractivity contribution in [3.05, 3.63) is 63.2 Å². The number of pyridine rings is 1. The van der Waals surface area contributed by atoms with Gasteiger partial charge < -0.3 is 30.1 Å². The lowest BCUT2D eigenvalue weighted by Gasteiger charge is -2.54. The van der Waals surface area contributed by atoms with Gasteiger partial charge in [-0.15, -0.1) is 0 Å². The van der Waals surface area contributed by atoms with Crippen LogP contribution in [0, 0.1) is 17.0 Å². The molecule has 2 bridgehead atoms. The van der Waals surface area contributed by atoms with Crippen LogP contribution in [-0.2, 0) is 22.6 Å². The fourth-order valence-electron chi connectivity index (χ4n) is 6.84. The van der Waals surface area contributed by atoms with E-state index in [0.29, 0.717) is 39.0 Å². The normalized spacial score (nSPS) is 26.2. The van der Waals surface area contributed by atoms with Gasteiger partial charge in [0.2, 0.25) is 11.8 Å². The number of nitrogens with zero attached hydrogens (tertiary/aromatic N) is 4. The lowest BCUT2D eigenvalue weighted by molar-refractivity contribution is -0.129. The molecule has 1 aromatic carbocycles. The number of fused-ring (bicyclic) bond motifs is 8. The second-order valence-electron chi connectivity index (χ2n) is 10.4. The third-order valence-corrected chi connectivity index (χ3v) is 8.40. The molecule has 5 heterocycles. The zero-order valence-electron chi connectivity index (χ0n) is 20.0. The molecular weight excluding hydrogens is 462 g/mol. The summed E-state index contributed by atoms with van der Waals surface area (Å²) in [6.45, 7) is 2.85. The molecule has 0 spiro atoms. The second kappa shape index (κ2) is 8.94. The number of aromatic nitrogens is 1. The topological polar surface area (TPSA) is 121 Å². The van der Waals surface area contributed by atoms with Gasteiger partial charge in [-0.3, -0.25) is 19.6 Å². The molecule has 0 aliphatic carbocycles. The van der Waals surface area contributed by atoms with E-state index < -0.39 is 0 Å². The van der Waals surface area contributed by atoms with Gasteiger partial charge in [-0.2, -0.15) is 0 Å². The number of anilines is 2. The van der Waals surface area contributed by atoms with Gasteiger partial charge in [0.15, 0.2) is 0 Å². The van der Waals surface area contributed by atoms with Crippen molar-refractivity contribution in [2.45, 2.75) is 44.2 Å². The lowest BCUT2D eigenvalue weighted by Crippen LogP contribution is -2.61. The highest BCUT2D eigenvalue weighted by molar-refractivity contribution is 5.83. The van der Waals surface area contributed by atoms with E-state index in [1.54, 1.807) is 23.1 Å². The number of rotatable bonds is 5. The van der Waals surface area contributed by atoms with Crippen LogP contribution in [0.1, 0.15) is 36.4 Å². The quantitative estimate of drug-likeness (QED) is 0.606. The Bertz CT molecular complexity index is 1260. The largest absolute Gasteiger partial charge is 0.733 e. The number of hydrogen-bond acceptors (Lipinski definition) is 7. The molecule has 2 fully saturated rings. The Kier molecular flexibility index (Phi) is 5.72. The molecule has 10 nitrogen and oxygen atoms in total. The third-order valence-electron chi connectivity index (χ3n) is 8.40. The summed E-state index contributed by atoms with van der Waals surface area (Å²) in [5, 5.41) is 23.9. The molecule has 36 heavy (non-hydrogen) atoms. The molecule has 2 amide bonds. The van der Waals surface area contributed by atoms with Crippen LogP contribution in [0.2, 0.25) is 0 Å². The van der Waals surface area contributed by atoms with Crippen molar-refractivity contribution in [2.75, 3.05) is 36.3 Å². The molecule has 4 aliphatic heterocycles. The van der Waals surface area contributed by atoms with E-state index in [9.17, 15) is 24.8 Å². The molecule has 10 heteroatoms. The Morgan fingerprint density at radius 2 is 2.06 bits per heavy atom. The summed E-state index contributed by atoms with van der Waals surface area (Å²) in [6.07, 6.45) is 2.77. The van der Waals surface area contributed by atoms with Gasteiger partial charge in [0, 0.05) is 68.6 Å². The van der Waals surface area contributed by atoms with Gasteiger partial charge in [-0.1, -0.05) is 6.07 Å². The van der Waals surface area contributed by atoms with Crippen molar-refractivity contribution >= 4 is 23.2 Å². The molecule has 1 aromatic heterocycles. The van der Waals surface area contributed by atoms with E-state index in [1.807, 2.05) is 22.8 Å². The average molecular weight is 493 g/mol. The fourth-order valence-corrected chi connectivity index (χ4v) is 6.84. The number of hydrogen-bond donors (Lipinski definition) is 2. The van der Waals surface area contributed by atoms with Crippen molar-refractivity contribution in [2.24, 2.45) is 11.8 Å². The number of carbonyl (C=O) groups excluding carboxylic acids is 2. The lowest BCUT2D eigenvalue weighted by atomic mass is 9.70. The highest BCUT2D eigenvalue weighted by Crippen LogP contribution is 2.47. The smallest absolute Gasteiger partial charge is 0.250 e. The second-order valence-corrected chi connectivity index (χ2v) is 10.4. The van der Waals surface area contributed by atoms with Crippen molar-refractivity contribution in [3.8, 4) is 0 Å². The van der Waals surface area contributed by atoms with E-state index in [-0.39, 0.29) is 52.1 Å². The van der Waals surface area contributed by atoms with Crippen LogP contribution in [0.4, 0.5) is 11.4 Å². The summed E-state index contributed by atoms with van der Waals surface area (Å²) in [7, 11) is 0. The zero-order valence-corrected chi connectivity index (χ0v) is 20.0. The monoisotopic (exact) mass is 492 g/mol. The molecule has 190 valence electrons. The predicted octanol–water partition coefficient (Wildman–Crippen LogP) is 1.44. The maximum atomic E-state index is 13.6. The van der Waals surface area contributed by atoms with Crippen molar-refractivity contribution in [3.63, 3.8) is 0 Å². The molecule has 2 aromatic rings. The Labute approximate surface area is 208 Å². The molecule has 4 aliphatic rings. The number of nitrogens with one attached hydrogen (secondary N) is 1. The summed E-state index contributed by atoms with van der Waals surface area (Å²) in [6, 6.07) is 10.4. The third kappa shape index (κ3) is 3.84. The summed E-state index contributed by atoms with van der Waals surface area (Å²) < 4.78 is 1.86. The number of amides is 2. The molecular formula is C26H30N5O5-. The molecule has 2 N–H and O–H groups in total. The molecule has 0 radical (unpaired) electrons. The standard InChI is InChI=1S/C26H30N5O5/c32-23-5-2-9-28(23)10-8-27-26(34)20-13-16-12-19(31(35)36)6-7-22(16)30-14-17-11-18(25(20)30)15-29-21(17)3-1-4-24(29)33/h1,3-4,6-7,12,17-18,20,25,35H,2,5,8-11,13-15H2,(H,27,34)/q-1/t17?,18?,20-,25+/m1/s1. The van der Waals surface area contributed by atoms with Gasteiger partial charge in [-0.05, 0) is 55.0 Å². The number of benzene rings is 1. The van der Waals surface area contributed by atoms with Crippen molar-refractivity contribution in [1.82, 2.24) is 14.8 Å². The Morgan fingerprint density at radius 3 is 2.83 bits per heavy atom. The first-order valence-corrected chi connectivity index (χ1v) is 12.7. The SMILES string of the molecule is O=C(NCCN1CCCC1=O)[C@@H]1Cc2cc(N([O-])O)ccc2N2CC3CC(Cn4c3cccc4=O)[C@@H]12. The van der Waals surface area contributed by atoms with Crippen LogP contribution in [0.5, 0.6) is 0 Å². The maximum Gasteiger partial charge on any atom is 0.250 e. The molecule has 6 rings (SSSR count). The fraction of sp³-hybridized carbons (Fsp3) is 0.500. The zero-order chi connectivity index (χ0) is 25.0. The van der Waals surface area contributed by atoms with Crippen molar-refractivity contribution in [1.29, 1.82) is 0 Å². The number of carbonyl (C=O) groups is 2. The molecule has 2 saturated heterocycles. The number of likely N-dealkylation sites (tertiary alicyclic amines) is 1. The van der Waals surface area contributed by atoms with Gasteiger partial charge in [0.25, 0.3) is 5.56 Å². The Balaban J connectivity index is 1.31. The first-order chi connectivity index (χ1) is 17.4. The van der Waals surface area contributed by atoms with Gasteiger partial charge >= 0.3 is 0 Å². The van der Waals surface area contributed by atoms with E-state index >= 15 is 0 Å². The van der Waals surface area contributed by atoms with Crippen LogP contribution in [-0.4, -0.2) is 58.7 Å². The minimum Gasteiger partial charge on any atom is -0.733 e. The Hall–Kier alpha value is -3.37. The highest BCUT2D eigenvalue weighted by Gasteiger charge is 2.49. The maximum absolute atomic E-state index is 13.6. The van der Waals surface area contributed by atoms with E-state index in [1.165, 1.54) is 0 Å². The minimum absolute atomic E-state index is 0.00809. The molecule has 0 saturated carbocycles. The van der Waals surface area contributed by atoms with Crippen LogP contribution in [0.15, 0.2) is 41.2 Å². The number of piperidine rings is 1. The highest BCUT2D eigenvalue weighted by atomic mass is 16.8. The first-order valence-electron chi connectivity index (χ1n) is 12.7. The average Bonchev–Trinajstić information content (AvgIpc) is 3.28. The van der Waals surface area contributed by atoms with E-state index in [0.717, 1.165) is 36.3 Å². The van der Waals surface area contributed by atoms with Gasteiger partial charge in [-0.25, -0.2) is 0 Å². The minimum atomic E-state index is -0.382. The first kappa shape index (κ1) is 23.1. The van der Waals surface area contributed by atoms with Crippen LogP contribution in [0.25, 0.3) is 0 Å². The van der Waals surface area contributed by atoms with Crippen LogP contribution in [0.3, 0.4) is 0 Å². The predicted molar refractivity (Wildman–Crippen MR) is 133 cm³/mol. The van der Waals surface area contributed by atoms with Crippen LogP contribution >= 0.6 is 0 Å². The van der Waals surface area contributed by atoms with E-state index in [4.69, 9.17) is 0 Å². The Morgan fingerprint density at radius 1 is 1.19 bits per heavy atom. The summed E-state index contributed by atoms with van der Waals surface area (Å²) >= 11 is 0. The van der Waals surface area contributed by atoms with Gasteiger partial charge in [0.05, 0.1) is 11.6 Å². The van der Waals surface area contributed by atoms with Crippen LogP contribution < -0.4 is 21.0 Å². The molecule has 4 atom stereocenters. The van der Waals surface area contributed by atoms with E-state index in [2.05, 4.69) is 10.2 Å². The summed E-state index contributed by atoms with van der Waals surface area (Å²) in [5.41, 5.74) is 2.97. The van der Waals surface area contributed by atoms with Crippen molar-refractivity contribution < 1.29 is 14.8 Å². The molecule has 2 unspecified atom stereocenters. The summed E-state index contributed by atoms with van der Waals surface area (Å²) in [4.78, 5) is 42.2. The van der Waals surface area contributed by atoms with Gasteiger partial charge in [0.1, 0.15) is 0 Å². The summed E-state index contributed by atoms with van der Waals surface area (Å²) in [5.74, 6) is -0.0503.